The smallest absolute Gasteiger partial charge is 0.239 e. The van der Waals surface area contributed by atoms with Gasteiger partial charge >= 0.3 is 0 Å². The highest BCUT2D eigenvalue weighted by molar-refractivity contribution is 6.00. The number of benzene rings is 1. The minimum absolute atomic E-state index is 0.00574. The monoisotopic (exact) mass is 261 g/mol. The first-order chi connectivity index (χ1) is 8.97. The number of anilines is 2. The second kappa shape index (κ2) is 5.30. The number of hydrogen-bond donors (Lipinski definition) is 2. The van der Waals surface area contributed by atoms with Crippen molar-refractivity contribution in [2.45, 2.75) is 25.8 Å². The molecule has 0 spiro atoms. The van der Waals surface area contributed by atoms with Crippen molar-refractivity contribution in [3.63, 3.8) is 0 Å². The summed E-state index contributed by atoms with van der Waals surface area (Å²) in [7, 11) is 1.82. The molecule has 1 aromatic carbocycles. The lowest BCUT2D eigenvalue weighted by molar-refractivity contribution is -0.119. The van der Waals surface area contributed by atoms with Crippen LogP contribution < -0.4 is 16.0 Å². The molecule has 1 aromatic rings. The number of amides is 1. The maximum Gasteiger partial charge on any atom is 0.239 e. The molecule has 0 aromatic heterocycles. The van der Waals surface area contributed by atoms with Gasteiger partial charge in [-0.3, -0.25) is 9.59 Å². The van der Waals surface area contributed by atoms with Gasteiger partial charge < -0.3 is 16.0 Å². The van der Waals surface area contributed by atoms with E-state index in [1.54, 1.807) is 12.1 Å². The first kappa shape index (κ1) is 13.4. The zero-order valence-electron chi connectivity index (χ0n) is 11.3. The zero-order valence-corrected chi connectivity index (χ0v) is 11.3. The van der Waals surface area contributed by atoms with E-state index in [4.69, 9.17) is 5.73 Å². The molecule has 3 N–H and O–H groups in total. The number of likely N-dealkylation sites (N-methyl/N-ethyl adjacent to an activating group) is 1. The fourth-order valence-corrected chi connectivity index (χ4v) is 1.89. The van der Waals surface area contributed by atoms with Crippen LogP contribution in [0.15, 0.2) is 18.2 Å². The number of nitrogens with one attached hydrogen (secondary N) is 1. The zero-order chi connectivity index (χ0) is 14.0. The van der Waals surface area contributed by atoms with Crippen LogP contribution in [0.2, 0.25) is 0 Å². The van der Waals surface area contributed by atoms with Gasteiger partial charge in [0.05, 0.1) is 6.54 Å². The van der Waals surface area contributed by atoms with E-state index in [1.807, 2.05) is 18.0 Å². The largest absolute Gasteiger partial charge is 0.398 e. The van der Waals surface area contributed by atoms with Gasteiger partial charge in [0.2, 0.25) is 5.91 Å². The summed E-state index contributed by atoms with van der Waals surface area (Å²) >= 11 is 0. The second-order valence-corrected chi connectivity index (χ2v) is 5.03. The average molecular weight is 261 g/mol. The fourth-order valence-electron chi connectivity index (χ4n) is 1.89. The van der Waals surface area contributed by atoms with Crippen LogP contribution in [0.5, 0.6) is 0 Å². The van der Waals surface area contributed by atoms with Crippen LogP contribution in [0.3, 0.4) is 0 Å². The third kappa shape index (κ3) is 3.47. The van der Waals surface area contributed by atoms with Crippen LogP contribution in [0.4, 0.5) is 11.4 Å². The Morgan fingerprint density at radius 1 is 1.42 bits per heavy atom. The lowest BCUT2D eigenvalue weighted by Gasteiger charge is -2.19. The van der Waals surface area contributed by atoms with Gasteiger partial charge in [0, 0.05) is 30.0 Å². The van der Waals surface area contributed by atoms with E-state index in [0.717, 1.165) is 18.5 Å². The average Bonchev–Trinajstić information content (AvgIpc) is 3.12. The summed E-state index contributed by atoms with van der Waals surface area (Å²) in [5.74, 6) is -0.0682. The molecule has 19 heavy (non-hydrogen) atoms. The first-order valence-corrected chi connectivity index (χ1v) is 6.38. The van der Waals surface area contributed by atoms with Crippen LogP contribution in [-0.2, 0) is 4.79 Å². The van der Waals surface area contributed by atoms with Gasteiger partial charge in [0.15, 0.2) is 5.78 Å². The number of nitrogens with zero attached hydrogens (tertiary/aromatic N) is 1. The van der Waals surface area contributed by atoms with Gasteiger partial charge in [0.1, 0.15) is 0 Å². The van der Waals surface area contributed by atoms with E-state index in [9.17, 15) is 9.59 Å². The normalized spacial score (nSPS) is 14.0. The van der Waals surface area contributed by atoms with Gasteiger partial charge in [-0.1, -0.05) is 0 Å². The highest BCUT2D eigenvalue weighted by Gasteiger charge is 2.23. The van der Waals surface area contributed by atoms with Crippen molar-refractivity contribution in [1.29, 1.82) is 0 Å². The molecule has 5 heteroatoms. The van der Waals surface area contributed by atoms with Crippen molar-refractivity contribution < 1.29 is 9.59 Å². The van der Waals surface area contributed by atoms with E-state index in [1.165, 1.54) is 6.92 Å². The van der Waals surface area contributed by atoms with Crippen LogP contribution in [0.25, 0.3) is 0 Å². The van der Waals surface area contributed by atoms with Crippen LogP contribution in [0.1, 0.15) is 30.1 Å². The Morgan fingerprint density at radius 2 is 2.11 bits per heavy atom. The standard InChI is InChI=1S/C14H19N3O2/c1-9(18)12-7-11(5-6-13(12)15)17(2)8-14(19)16-10-3-4-10/h5-7,10H,3-4,8,15H2,1-2H3,(H,16,19). The molecule has 1 amide bonds. The quantitative estimate of drug-likeness (QED) is 0.616. The number of carbonyl (C=O) groups is 2. The predicted molar refractivity (Wildman–Crippen MR) is 75.3 cm³/mol. The van der Waals surface area contributed by atoms with Gasteiger partial charge in [-0.2, -0.15) is 0 Å². The molecule has 1 aliphatic rings. The summed E-state index contributed by atoms with van der Waals surface area (Å²) in [5, 5.41) is 2.93. The Balaban J connectivity index is 2.05. The minimum atomic E-state index is -0.0739. The molecule has 0 heterocycles. The van der Waals surface area contributed by atoms with Crippen molar-refractivity contribution in [2.24, 2.45) is 0 Å². The molecule has 2 rings (SSSR count). The van der Waals surface area contributed by atoms with E-state index >= 15 is 0 Å². The molecule has 1 fully saturated rings. The Morgan fingerprint density at radius 3 is 2.68 bits per heavy atom. The van der Waals surface area contributed by atoms with Crippen molar-refractivity contribution >= 4 is 23.1 Å². The number of hydrogen-bond acceptors (Lipinski definition) is 4. The van der Waals surface area contributed by atoms with E-state index < -0.39 is 0 Å². The van der Waals surface area contributed by atoms with Crippen molar-refractivity contribution in [1.82, 2.24) is 5.32 Å². The number of Topliss-reactive ketones (excluding diaryl/α,β-unsaturated/α-hetero) is 1. The molecule has 102 valence electrons. The minimum Gasteiger partial charge on any atom is -0.398 e. The highest BCUT2D eigenvalue weighted by atomic mass is 16.2. The summed E-state index contributed by atoms with van der Waals surface area (Å²) in [6.45, 7) is 1.76. The molecule has 1 aliphatic carbocycles. The van der Waals surface area contributed by atoms with Gasteiger partial charge in [0.25, 0.3) is 0 Å². The number of rotatable bonds is 5. The summed E-state index contributed by atoms with van der Waals surface area (Å²) in [5.41, 5.74) is 7.52. The lowest BCUT2D eigenvalue weighted by atomic mass is 10.1. The Kier molecular flexibility index (Phi) is 3.74. The number of ketones is 1. The van der Waals surface area contributed by atoms with Crippen molar-refractivity contribution in [2.75, 3.05) is 24.2 Å². The molecule has 5 nitrogen and oxygen atoms in total. The van der Waals surface area contributed by atoms with Crippen LogP contribution in [-0.4, -0.2) is 31.3 Å². The number of nitrogens with two attached hydrogens (primary N) is 1. The molecule has 0 unspecified atom stereocenters. The van der Waals surface area contributed by atoms with Crippen LogP contribution in [0, 0.1) is 0 Å². The van der Waals surface area contributed by atoms with E-state index in [-0.39, 0.29) is 18.2 Å². The highest BCUT2D eigenvalue weighted by Crippen LogP contribution is 2.21. The third-order valence-corrected chi connectivity index (χ3v) is 3.18. The molecular weight excluding hydrogens is 242 g/mol. The summed E-state index contributed by atoms with van der Waals surface area (Å²) in [4.78, 5) is 25.0. The van der Waals surface area contributed by atoms with Gasteiger partial charge in [-0.05, 0) is 38.0 Å². The molecule has 0 aliphatic heterocycles. The summed E-state index contributed by atoms with van der Waals surface area (Å²) in [6, 6.07) is 5.59. The molecular formula is C14H19N3O2. The van der Waals surface area contributed by atoms with Gasteiger partial charge in [-0.25, -0.2) is 0 Å². The molecule has 0 atom stereocenters. The second-order valence-electron chi connectivity index (χ2n) is 5.03. The van der Waals surface area contributed by atoms with Gasteiger partial charge in [-0.15, -0.1) is 0 Å². The van der Waals surface area contributed by atoms with Crippen molar-refractivity contribution in [3.8, 4) is 0 Å². The Hall–Kier alpha value is -2.04. The molecule has 0 saturated heterocycles. The SMILES string of the molecule is CC(=O)c1cc(N(C)CC(=O)NC2CC2)ccc1N. The summed E-state index contributed by atoms with van der Waals surface area (Å²) < 4.78 is 0. The fraction of sp³-hybridized carbons (Fsp3) is 0.429. The van der Waals surface area contributed by atoms with Crippen molar-refractivity contribution in [3.05, 3.63) is 23.8 Å². The number of nitrogen functional groups attached to an aromatic ring is 1. The molecule has 1 saturated carbocycles. The molecule has 0 bridgehead atoms. The molecule has 0 radical (unpaired) electrons. The topological polar surface area (TPSA) is 75.4 Å². The predicted octanol–water partition coefficient (Wildman–Crippen LogP) is 1.19. The Bertz CT molecular complexity index is 509. The maximum absolute atomic E-state index is 11.7. The Labute approximate surface area is 112 Å². The maximum atomic E-state index is 11.7. The van der Waals surface area contributed by atoms with E-state index in [0.29, 0.717) is 17.3 Å². The first-order valence-electron chi connectivity index (χ1n) is 6.38. The van der Waals surface area contributed by atoms with E-state index in [2.05, 4.69) is 5.32 Å². The summed E-state index contributed by atoms with van der Waals surface area (Å²) in [6.07, 6.45) is 2.15. The van der Waals surface area contributed by atoms with Crippen LogP contribution >= 0.6 is 0 Å². The lowest BCUT2D eigenvalue weighted by Crippen LogP contribution is -2.36. The third-order valence-electron chi connectivity index (χ3n) is 3.18. The number of carbonyl (C=O) groups excluding carboxylic acids is 2.